The Balaban J connectivity index is 0.00000225. The van der Waals surface area contributed by atoms with Crippen molar-refractivity contribution < 1.29 is 44.0 Å². The Morgan fingerprint density at radius 3 is 2.88 bits per heavy atom. The monoisotopic (exact) mass is 235 g/mol. The van der Waals surface area contributed by atoms with E-state index >= 15 is 0 Å². The summed E-state index contributed by atoms with van der Waals surface area (Å²) in [5.74, 6) is -0.544. The number of ether oxygens (including phenoxy) is 1. The van der Waals surface area contributed by atoms with Gasteiger partial charge in [0, 0.05) is 0 Å². The van der Waals surface area contributed by atoms with E-state index in [-0.39, 0.29) is 42.0 Å². The van der Waals surface area contributed by atoms with E-state index in [9.17, 15) is 14.9 Å². The molecule has 0 atom stereocenters. The van der Waals surface area contributed by atoms with Crippen LogP contribution in [0.2, 0.25) is 0 Å². The van der Waals surface area contributed by atoms with Gasteiger partial charge in [-0.15, -0.1) is 0 Å². The largest absolute Gasteiger partial charge is 1.00 e. The quantitative estimate of drug-likeness (QED) is 0.192. The van der Waals surface area contributed by atoms with Crippen molar-refractivity contribution in [2.45, 2.75) is 13.8 Å². The van der Waals surface area contributed by atoms with Crippen LogP contribution in [0.5, 0.6) is 0 Å². The first-order chi connectivity index (χ1) is 7.06. The Kier molecular flexibility index (Phi) is 6.09. The Morgan fingerprint density at radius 1 is 1.75 bits per heavy atom. The van der Waals surface area contributed by atoms with Gasteiger partial charge in [0.05, 0.1) is 25.2 Å². The van der Waals surface area contributed by atoms with E-state index in [4.69, 9.17) is 0 Å². The van der Waals surface area contributed by atoms with Crippen molar-refractivity contribution in [3.63, 3.8) is 0 Å². The van der Waals surface area contributed by atoms with Crippen LogP contribution in [-0.2, 0) is 9.53 Å². The van der Waals surface area contributed by atoms with Gasteiger partial charge in [0.15, 0.2) is 0 Å². The number of esters is 1. The minimum atomic E-state index is -0.637. The Morgan fingerprint density at radius 2 is 2.38 bits per heavy atom. The minimum Gasteiger partial charge on any atom is -0.469 e. The van der Waals surface area contributed by atoms with E-state index in [0.29, 0.717) is 5.82 Å². The molecule has 0 fully saturated rings. The summed E-state index contributed by atoms with van der Waals surface area (Å²) in [6, 6.07) is 0. The van der Waals surface area contributed by atoms with Crippen LogP contribution in [0.4, 0.5) is 5.82 Å². The second-order valence-corrected chi connectivity index (χ2v) is 2.67. The molecule has 0 aliphatic heterocycles. The molecule has 0 amide bonds. The molecule has 0 radical (unpaired) electrons. The summed E-state index contributed by atoms with van der Waals surface area (Å²) < 4.78 is 5.72. The molecule has 8 heteroatoms. The van der Waals surface area contributed by atoms with E-state index in [1.54, 1.807) is 13.8 Å². The number of carbonyl (C=O) groups is 1. The van der Waals surface area contributed by atoms with Crippen molar-refractivity contribution in [3.05, 3.63) is 28.7 Å². The fourth-order valence-corrected chi connectivity index (χ4v) is 1.02. The summed E-state index contributed by atoms with van der Waals surface area (Å²) in [5.41, 5.74) is 0. The molecule has 0 bridgehead atoms. The number of carbonyl (C=O) groups excluding carboxylic acids is 1. The molecule has 0 saturated heterocycles. The molecule has 0 saturated carbocycles. The van der Waals surface area contributed by atoms with Crippen LogP contribution >= 0.6 is 0 Å². The predicted molar refractivity (Wildman–Crippen MR) is 49.9 cm³/mol. The predicted octanol–water partition coefficient (Wildman–Crippen LogP) is -2.32. The van der Waals surface area contributed by atoms with Crippen molar-refractivity contribution in [2.75, 3.05) is 6.61 Å². The third kappa shape index (κ3) is 3.51. The van der Waals surface area contributed by atoms with Crippen molar-refractivity contribution in [1.82, 2.24) is 9.55 Å². The molecule has 1 rings (SSSR count). The van der Waals surface area contributed by atoms with Gasteiger partial charge in [0.25, 0.3) is 0 Å². The smallest absolute Gasteiger partial charge is 0.469 e. The van der Waals surface area contributed by atoms with Gasteiger partial charge in [-0.3, -0.25) is 9.78 Å². The van der Waals surface area contributed by atoms with Crippen molar-refractivity contribution in [3.8, 4) is 0 Å². The molecule has 0 spiro atoms. The molecule has 82 valence electrons. The van der Waals surface area contributed by atoms with Crippen LogP contribution < -0.4 is 29.6 Å². The molecule has 1 aromatic rings. The number of aryl methyl sites for hydroxylation is 1. The summed E-state index contributed by atoms with van der Waals surface area (Å²) in [4.78, 5) is 24.8. The maximum absolute atomic E-state index is 11.1. The Labute approximate surface area is 114 Å². The average molecular weight is 235 g/mol. The van der Waals surface area contributed by atoms with Gasteiger partial charge < -0.3 is 19.4 Å². The molecule has 0 aliphatic rings. The zero-order valence-electron chi connectivity index (χ0n) is 9.34. The maximum Gasteiger partial charge on any atom is 1.00 e. The first-order valence-electron chi connectivity index (χ1n) is 4.26. The zero-order chi connectivity index (χ0) is 11.4. The van der Waals surface area contributed by atoms with Crippen molar-refractivity contribution >= 4 is 11.8 Å². The topological polar surface area (TPSA) is 87.3 Å². The van der Waals surface area contributed by atoms with Crippen LogP contribution in [0, 0.1) is 23.6 Å². The van der Waals surface area contributed by atoms with E-state index < -0.39 is 10.9 Å². The van der Waals surface area contributed by atoms with Crippen molar-refractivity contribution in [1.29, 1.82) is 0 Å². The van der Waals surface area contributed by atoms with Gasteiger partial charge in [0.2, 0.25) is 5.82 Å². The van der Waals surface area contributed by atoms with Crippen LogP contribution in [-0.4, -0.2) is 27.1 Å². The Hall–Kier alpha value is -1.05. The third-order valence-corrected chi connectivity index (χ3v) is 1.67. The first-order valence-corrected chi connectivity index (χ1v) is 4.26. The molecule has 1 aromatic heterocycles. The summed E-state index contributed by atoms with van der Waals surface area (Å²) in [6.45, 7) is 4.44. The molecule has 16 heavy (non-hydrogen) atoms. The molecule has 7 nitrogen and oxygen atoms in total. The summed E-state index contributed by atoms with van der Waals surface area (Å²) in [7, 11) is 0. The first kappa shape index (κ1) is 14.9. The number of rotatable bonds is 4. The molecular formula is C8H10N3NaO4. The van der Waals surface area contributed by atoms with Crippen LogP contribution in [0.3, 0.4) is 0 Å². The second-order valence-electron chi connectivity index (χ2n) is 2.67. The summed E-state index contributed by atoms with van der Waals surface area (Å²) in [6.07, 6.45) is 1.09. The Bertz CT molecular complexity index is 391. The van der Waals surface area contributed by atoms with E-state index in [2.05, 4.69) is 9.72 Å². The molecular weight excluding hydrogens is 225 g/mol. The number of hydrogen-bond donors (Lipinski definition) is 0. The fraction of sp³-hybridized carbons (Fsp3) is 0.375. The number of nitrogens with zero attached hydrogens (tertiary/aromatic N) is 3. The van der Waals surface area contributed by atoms with Gasteiger partial charge in [-0.1, -0.05) is 4.92 Å². The third-order valence-electron chi connectivity index (χ3n) is 1.67. The summed E-state index contributed by atoms with van der Waals surface area (Å²) in [5, 5.41) is 10.5. The van der Waals surface area contributed by atoms with Gasteiger partial charge >= 0.3 is 35.5 Å². The average Bonchev–Trinajstić information content (AvgIpc) is 2.48. The fourth-order valence-electron chi connectivity index (χ4n) is 1.02. The summed E-state index contributed by atoms with van der Waals surface area (Å²) >= 11 is 0. The molecule has 0 aromatic carbocycles. The van der Waals surface area contributed by atoms with Crippen LogP contribution in [0.1, 0.15) is 12.7 Å². The molecule has 0 N–H and O–H groups in total. The van der Waals surface area contributed by atoms with Gasteiger partial charge in [-0.05, 0) is 13.8 Å². The van der Waals surface area contributed by atoms with Crippen LogP contribution in [0.25, 0.3) is 0 Å². The SMILES string of the molecule is CCOC(=O)[CH-]n1c([N+](=O)[O-])cnc1C.[Na+]. The zero-order valence-corrected chi connectivity index (χ0v) is 11.3. The van der Waals surface area contributed by atoms with E-state index in [0.717, 1.165) is 17.3 Å². The maximum atomic E-state index is 11.1. The van der Waals surface area contributed by atoms with Crippen LogP contribution in [0.15, 0.2) is 6.20 Å². The number of aromatic nitrogens is 2. The normalized spacial score (nSPS) is 9.12. The molecule has 0 unspecified atom stereocenters. The van der Waals surface area contributed by atoms with Crippen molar-refractivity contribution in [2.24, 2.45) is 0 Å². The number of imidazole rings is 1. The number of hydrogen-bond acceptors (Lipinski definition) is 5. The molecule has 0 aliphatic carbocycles. The second kappa shape index (κ2) is 6.51. The van der Waals surface area contributed by atoms with E-state index in [1.807, 2.05) is 0 Å². The minimum absolute atomic E-state index is 0. The standard InChI is InChI=1S/C8H10N3O4.Na/c1-3-15-8(12)5-10-6(2)9-4-7(10)11(13)14;/h4-5H,3H2,1-2H3;/q-1;+1. The van der Waals surface area contributed by atoms with E-state index in [1.165, 1.54) is 0 Å². The molecule has 1 heterocycles. The van der Waals surface area contributed by atoms with Gasteiger partial charge in [-0.2, -0.15) is 0 Å². The van der Waals surface area contributed by atoms with Gasteiger partial charge in [-0.25, -0.2) is 0 Å². The van der Waals surface area contributed by atoms with Gasteiger partial charge in [0.1, 0.15) is 0 Å². The number of nitro groups is 1.